The summed E-state index contributed by atoms with van der Waals surface area (Å²) in [5.41, 5.74) is 2.45. The Morgan fingerprint density at radius 2 is 1.76 bits per heavy atom. The molecule has 0 amide bonds. The van der Waals surface area contributed by atoms with Gasteiger partial charge in [0.25, 0.3) is 0 Å². The van der Waals surface area contributed by atoms with Crippen molar-refractivity contribution < 1.29 is 24.9 Å². The molecule has 0 bridgehead atoms. The number of benzene rings is 2. The minimum absolute atomic E-state index is 0.120. The molecule has 0 aliphatic carbocycles. The number of carbonyl (C=O) groups is 2. The number of fused-ring (bicyclic) bond motifs is 1. The topological polar surface area (TPSA) is 98.1 Å². The Morgan fingerprint density at radius 3 is 2.36 bits per heavy atom. The summed E-state index contributed by atoms with van der Waals surface area (Å²) in [6.07, 6.45) is -0.120. The van der Waals surface area contributed by atoms with Crippen molar-refractivity contribution in [1.29, 1.82) is 0 Å². The van der Waals surface area contributed by atoms with Crippen LogP contribution in [0.4, 0.5) is 5.69 Å². The van der Waals surface area contributed by atoms with Gasteiger partial charge in [0.15, 0.2) is 0 Å². The van der Waals surface area contributed by atoms with Crippen LogP contribution in [0, 0.1) is 0 Å². The summed E-state index contributed by atoms with van der Waals surface area (Å²) in [5, 5.41) is 28.2. The highest BCUT2D eigenvalue weighted by molar-refractivity contribution is 5.93. The number of hydrogen-bond donors (Lipinski definition) is 3. The van der Waals surface area contributed by atoms with Gasteiger partial charge in [0.2, 0.25) is 0 Å². The minimum Gasteiger partial charge on any atom is -0.508 e. The Kier molecular flexibility index (Phi) is 4.35. The third-order valence-corrected chi connectivity index (χ3v) is 4.75. The lowest BCUT2D eigenvalue weighted by molar-refractivity contribution is -0.137. The summed E-state index contributed by atoms with van der Waals surface area (Å²) in [6, 6.07) is 11.7. The van der Waals surface area contributed by atoms with Gasteiger partial charge >= 0.3 is 11.9 Å². The molecule has 2 aromatic rings. The first kappa shape index (κ1) is 16.8. The van der Waals surface area contributed by atoms with E-state index in [4.69, 9.17) is 0 Å². The van der Waals surface area contributed by atoms with Crippen LogP contribution in [0.5, 0.6) is 5.75 Å². The lowest BCUT2D eigenvalue weighted by Gasteiger charge is -2.27. The number of nitrogens with zero attached hydrogens (tertiary/aromatic N) is 1. The molecule has 2 atom stereocenters. The van der Waals surface area contributed by atoms with Gasteiger partial charge in [0.05, 0.1) is 12.0 Å². The minimum atomic E-state index is -1.05. The molecule has 2 aromatic carbocycles. The van der Waals surface area contributed by atoms with Crippen molar-refractivity contribution in [3.8, 4) is 5.75 Å². The van der Waals surface area contributed by atoms with E-state index < -0.39 is 17.9 Å². The van der Waals surface area contributed by atoms with E-state index in [9.17, 15) is 24.9 Å². The van der Waals surface area contributed by atoms with E-state index in [1.807, 2.05) is 17.9 Å². The van der Waals surface area contributed by atoms with Crippen LogP contribution in [0.2, 0.25) is 0 Å². The van der Waals surface area contributed by atoms with Crippen LogP contribution in [0.1, 0.15) is 40.7 Å². The maximum atomic E-state index is 11.6. The maximum absolute atomic E-state index is 11.6. The van der Waals surface area contributed by atoms with Crippen molar-refractivity contribution in [3.63, 3.8) is 0 Å². The Morgan fingerprint density at radius 1 is 1.08 bits per heavy atom. The van der Waals surface area contributed by atoms with Crippen molar-refractivity contribution in [3.05, 3.63) is 59.2 Å². The number of carboxylic acids is 2. The zero-order chi connectivity index (χ0) is 18.1. The first-order valence-electron chi connectivity index (χ1n) is 8.01. The van der Waals surface area contributed by atoms with Crippen LogP contribution < -0.4 is 4.90 Å². The smallest absolute Gasteiger partial charge is 0.336 e. The third-order valence-electron chi connectivity index (χ3n) is 4.75. The molecular weight excluding hydrogens is 322 g/mol. The molecule has 2 unspecified atom stereocenters. The van der Waals surface area contributed by atoms with E-state index in [1.54, 1.807) is 30.3 Å². The highest BCUT2D eigenvalue weighted by atomic mass is 16.4. The normalized spacial score (nSPS) is 18.8. The molecule has 0 radical (unpaired) electrons. The van der Waals surface area contributed by atoms with Gasteiger partial charge < -0.3 is 20.2 Å². The van der Waals surface area contributed by atoms with Crippen molar-refractivity contribution in [2.24, 2.45) is 0 Å². The van der Waals surface area contributed by atoms with Gasteiger partial charge in [-0.15, -0.1) is 0 Å². The molecule has 1 aliphatic rings. The van der Waals surface area contributed by atoms with Gasteiger partial charge in [0, 0.05) is 24.2 Å². The van der Waals surface area contributed by atoms with Gasteiger partial charge in [-0.2, -0.15) is 0 Å². The van der Waals surface area contributed by atoms with Gasteiger partial charge in [0.1, 0.15) is 5.75 Å². The quantitative estimate of drug-likeness (QED) is 0.773. The highest BCUT2D eigenvalue weighted by Gasteiger charge is 2.39. The SMILES string of the molecule is CC1C(CC(=O)O)c2c(C(=O)O)cccc2N1Cc1ccc(O)cc1. The van der Waals surface area contributed by atoms with E-state index in [-0.39, 0.29) is 23.8 Å². The van der Waals surface area contributed by atoms with Crippen LogP contribution >= 0.6 is 0 Å². The predicted molar refractivity (Wildman–Crippen MR) is 92.1 cm³/mol. The number of hydrogen-bond acceptors (Lipinski definition) is 4. The van der Waals surface area contributed by atoms with E-state index >= 15 is 0 Å². The summed E-state index contributed by atoms with van der Waals surface area (Å²) < 4.78 is 0. The van der Waals surface area contributed by atoms with E-state index in [0.29, 0.717) is 12.1 Å². The first-order chi connectivity index (χ1) is 11.9. The monoisotopic (exact) mass is 341 g/mol. The molecule has 6 heteroatoms. The summed E-state index contributed by atoms with van der Waals surface area (Å²) in [6.45, 7) is 2.42. The molecule has 130 valence electrons. The molecule has 3 rings (SSSR count). The Bertz CT molecular complexity index is 815. The molecule has 0 saturated carbocycles. The number of phenols is 1. The standard InChI is InChI=1S/C19H19NO5/c1-11-15(9-17(22)23)18-14(19(24)25)3-2-4-16(18)20(11)10-12-5-7-13(21)8-6-12/h2-8,11,15,21H,9-10H2,1H3,(H,22,23)(H,24,25). The second-order valence-electron chi connectivity index (χ2n) is 6.28. The molecule has 3 N–H and O–H groups in total. The predicted octanol–water partition coefficient (Wildman–Crippen LogP) is 3.06. The second-order valence-corrected chi connectivity index (χ2v) is 6.28. The second kappa shape index (κ2) is 6.47. The molecule has 0 spiro atoms. The number of aromatic hydroxyl groups is 1. The lowest BCUT2D eigenvalue weighted by atomic mass is 9.89. The average Bonchev–Trinajstić information content (AvgIpc) is 2.82. The van der Waals surface area contributed by atoms with E-state index in [1.165, 1.54) is 6.07 Å². The molecule has 0 aromatic heterocycles. The Hall–Kier alpha value is -3.02. The van der Waals surface area contributed by atoms with E-state index in [0.717, 1.165) is 11.3 Å². The molecular formula is C19H19NO5. The fourth-order valence-electron chi connectivity index (χ4n) is 3.55. The highest BCUT2D eigenvalue weighted by Crippen LogP contribution is 2.45. The van der Waals surface area contributed by atoms with Gasteiger partial charge in [-0.3, -0.25) is 4.79 Å². The number of carboxylic acid groups (broad SMARTS) is 2. The van der Waals surface area contributed by atoms with Gasteiger partial charge in [-0.25, -0.2) is 4.79 Å². The summed E-state index contributed by atoms with van der Waals surface area (Å²) in [7, 11) is 0. The van der Waals surface area contributed by atoms with E-state index in [2.05, 4.69) is 0 Å². The lowest BCUT2D eigenvalue weighted by Crippen LogP contribution is -2.31. The zero-order valence-electron chi connectivity index (χ0n) is 13.7. The molecule has 0 saturated heterocycles. The van der Waals surface area contributed by atoms with Crippen molar-refractivity contribution in [2.75, 3.05) is 4.90 Å². The summed E-state index contributed by atoms with van der Waals surface area (Å²) in [5.74, 6) is -2.21. The largest absolute Gasteiger partial charge is 0.508 e. The molecule has 0 fully saturated rings. The molecule has 1 heterocycles. The fraction of sp³-hybridized carbons (Fsp3) is 0.263. The average molecular weight is 341 g/mol. The summed E-state index contributed by atoms with van der Waals surface area (Å²) >= 11 is 0. The van der Waals surface area contributed by atoms with Crippen molar-refractivity contribution in [2.45, 2.75) is 31.8 Å². The number of anilines is 1. The first-order valence-corrected chi connectivity index (χ1v) is 8.01. The Labute approximate surface area is 145 Å². The van der Waals surface area contributed by atoms with Gasteiger partial charge in [-0.1, -0.05) is 18.2 Å². The number of aliphatic carboxylic acids is 1. The number of phenolic OH excluding ortho intramolecular Hbond substituents is 1. The molecule has 6 nitrogen and oxygen atoms in total. The fourth-order valence-corrected chi connectivity index (χ4v) is 3.55. The number of rotatable bonds is 5. The van der Waals surface area contributed by atoms with Crippen LogP contribution in [-0.2, 0) is 11.3 Å². The summed E-state index contributed by atoms with van der Waals surface area (Å²) in [4.78, 5) is 24.9. The van der Waals surface area contributed by atoms with Crippen molar-refractivity contribution in [1.82, 2.24) is 0 Å². The number of aromatic carboxylic acids is 1. The zero-order valence-corrected chi connectivity index (χ0v) is 13.7. The van der Waals surface area contributed by atoms with Crippen LogP contribution in [0.15, 0.2) is 42.5 Å². The van der Waals surface area contributed by atoms with Crippen LogP contribution in [-0.4, -0.2) is 33.3 Å². The Balaban J connectivity index is 2.04. The maximum Gasteiger partial charge on any atom is 0.336 e. The van der Waals surface area contributed by atoms with Crippen LogP contribution in [0.3, 0.4) is 0 Å². The molecule has 1 aliphatic heterocycles. The van der Waals surface area contributed by atoms with Gasteiger partial charge in [-0.05, 0) is 42.3 Å². The van der Waals surface area contributed by atoms with Crippen LogP contribution in [0.25, 0.3) is 0 Å². The molecule has 25 heavy (non-hydrogen) atoms. The van der Waals surface area contributed by atoms with Crippen molar-refractivity contribution >= 4 is 17.6 Å². The third kappa shape index (κ3) is 3.15.